The van der Waals surface area contributed by atoms with Crippen LogP contribution in [-0.4, -0.2) is 15.3 Å². The van der Waals surface area contributed by atoms with Crippen LogP contribution in [0.15, 0.2) is 35.1 Å². The van der Waals surface area contributed by atoms with E-state index in [1.54, 1.807) is 0 Å². The van der Waals surface area contributed by atoms with Gasteiger partial charge >= 0.3 is 12.1 Å². The minimum absolute atomic E-state index is 0.359. The molecule has 142 valence electrons. The Kier molecular flexibility index (Phi) is 4.91. The molecule has 0 radical (unpaired) electrons. The maximum atomic E-state index is 13.9. The number of benzene rings is 2. The lowest BCUT2D eigenvalue weighted by Crippen LogP contribution is -2.18. The molecule has 27 heavy (non-hydrogen) atoms. The van der Waals surface area contributed by atoms with Gasteiger partial charge in [0.1, 0.15) is 11.6 Å². The van der Waals surface area contributed by atoms with E-state index in [0.29, 0.717) is 27.6 Å². The first kappa shape index (κ1) is 19.2. The summed E-state index contributed by atoms with van der Waals surface area (Å²) < 4.78 is 82.5. The number of halogens is 7. The maximum Gasteiger partial charge on any atom is 0.573 e. The number of hydrogen-bond donors (Lipinski definition) is 0. The first-order valence-electron chi connectivity index (χ1n) is 6.87. The molecule has 0 aliphatic heterocycles. The van der Waals surface area contributed by atoms with Crippen molar-refractivity contribution in [3.8, 4) is 22.0 Å². The zero-order chi connectivity index (χ0) is 19.9. The van der Waals surface area contributed by atoms with Crippen LogP contribution in [0.1, 0.15) is 0 Å². The topological polar surface area (TPSA) is 44.1 Å². The molecule has 0 spiro atoms. The minimum atomic E-state index is -5.15. The summed E-state index contributed by atoms with van der Waals surface area (Å²) in [4.78, 5) is 15.5. The highest BCUT2D eigenvalue weighted by Gasteiger charge is 2.33. The highest BCUT2D eigenvalue weighted by molar-refractivity contribution is 7.10. The molecule has 4 nitrogen and oxygen atoms in total. The molecule has 2 aromatic carbocycles. The number of nitrogens with zero attached hydrogens (tertiary/aromatic N) is 2. The molecule has 3 aromatic rings. The van der Waals surface area contributed by atoms with Crippen molar-refractivity contribution in [1.82, 2.24) is 8.94 Å². The molecule has 3 rings (SSSR count). The van der Waals surface area contributed by atoms with Crippen molar-refractivity contribution >= 4 is 23.1 Å². The van der Waals surface area contributed by atoms with Crippen LogP contribution < -0.4 is 10.4 Å². The van der Waals surface area contributed by atoms with E-state index < -0.39 is 45.8 Å². The molecule has 0 aliphatic carbocycles. The fourth-order valence-corrected chi connectivity index (χ4v) is 3.35. The van der Waals surface area contributed by atoms with Crippen molar-refractivity contribution in [3.63, 3.8) is 0 Å². The summed E-state index contributed by atoms with van der Waals surface area (Å²) in [5.41, 5.74) is -2.00. The van der Waals surface area contributed by atoms with E-state index in [4.69, 9.17) is 11.6 Å². The summed E-state index contributed by atoms with van der Waals surface area (Å²) in [6.07, 6.45) is -5.15. The highest BCUT2D eigenvalue weighted by atomic mass is 35.5. The van der Waals surface area contributed by atoms with Crippen LogP contribution in [0.25, 0.3) is 16.3 Å². The third-order valence-corrected chi connectivity index (χ3v) is 4.48. The Balaban J connectivity index is 2.10. The van der Waals surface area contributed by atoms with Gasteiger partial charge in [0.15, 0.2) is 16.6 Å². The summed E-state index contributed by atoms with van der Waals surface area (Å²) in [7, 11) is 0. The highest BCUT2D eigenvalue weighted by Crippen LogP contribution is 2.34. The Morgan fingerprint density at radius 2 is 1.70 bits per heavy atom. The van der Waals surface area contributed by atoms with Gasteiger partial charge in [-0.1, -0.05) is 17.7 Å². The second kappa shape index (κ2) is 6.89. The van der Waals surface area contributed by atoms with Crippen LogP contribution in [0.4, 0.5) is 26.3 Å². The molecular weight excluding hydrogens is 422 g/mol. The summed E-state index contributed by atoms with van der Waals surface area (Å²) >= 11 is 6.25. The third-order valence-electron chi connectivity index (χ3n) is 3.17. The average molecular weight is 427 g/mol. The Hall–Kier alpha value is -2.53. The normalized spacial score (nSPS) is 11.7. The fraction of sp³-hybridized carbons (Fsp3) is 0.0667. The van der Waals surface area contributed by atoms with E-state index in [9.17, 15) is 31.1 Å². The molecule has 1 heterocycles. The molecular formula is C15H5ClF6N2O2S. The summed E-state index contributed by atoms with van der Waals surface area (Å²) in [5, 5.41) is -0.829. The SMILES string of the molecule is O=c1nc(-c2c(F)cccc2F)sn1-c1cc(F)c(OC(F)(F)F)cc1Cl. The maximum absolute atomic E-state index is 13.9. The van der Waals surface area contributed by atoms with Crippen LogP contribution in [0.5, 0.6) is 5.75 Å². The number of hydrogen-bond acceptors (Lipinski definition) is 4. The lowest BCUT2D eigenvalue weighted by atomic mass is 10.2. The van der Waals surface area contributed by atoms with Gasteiger partial charge in [-0.2, -0.15) is 4.98 Å². The number of ether oxygens (including phenoxy) is 1. The lowest BCUT2D eigenvalue weighted by Gasteiger charge is -2.11. The first-order chi connectivity index (χ1) is 12.6. The van der Waals surface area contributed by atoms with Gasteiger partial charge in [0.25, 0.3) is 0 Å². The third kappa shape index (κ3) is 3.93. The van der Waals surface area contributed by atoms with Crippen molar-refractivity contribution < 1.29 is 31.1 Å². The molecule has 1 aromatic heterocycles. The molecule has 0 saturated carbocycles. The summed E-state index contributed by atoms with van der Waals surface area (Å²) in [5.74, 6) is -4.62. The minimum Gasteiger partial charge on any atom is -0.403 e. The number of alkyl halides is 3. The van der Waals surface area contributed by atoms with Crippen LogP contribution in [0.3, 0.4) is 0 Å². The Morgan fingerprint density at radius 1 is 1.07 bits per heavy atom. The molecule has 0 aliphatic rings. The molecule has 0 N–H and O–H groups in total. The van der Waals surface area contributed by atoms with Gasteiger partial charge in [0.2, 0.25) is 0 Å². The van der Waals surface area contributed by atoms with Crippen molar-refractivity contribution in [2.75, 3.05) is 0 Å². The van der Waals surface area contributed by atoms with E-state index in [1.807, 2.05) is 0 Å². The standard InChI is InChI=1S/C15H5ClF6N2O2S/c16-6-4-11(26-15(20,21)22)9(19)5-10(6)24-14(25)23-13(27-24)12-7(17)2-1-3-8(12)18/h1-5H. The van der Waals surface area contributed by atoms with Crippen LogP contribution in [-0.2, 0) is 0 Å². The second-order valence-corrected chi connectivity index (χ2v) is 6.31. The zero-order valence-corrected chi connectivity index (χ0v) is 14.2. The lowest BCUT2D eigenvalue weighted by molar-refractivity contribution is -0.275. The van der Waals surface area contributed by atoms with E-state index in [0.717, 1.165) is 18.2 Å². The van der Waals surface area contributed by atoms with Gasteiger partial charge in [-0.05, 0) is 23.7 Å². The van der Waals surface area contributed by atoms with Crippen molar-refractivity contribution in [3.05, 3.63) is 63.3 Å². The van der Waals surface area contributed by atoms with E-state index in [2.05, 4.69) is 9.72 Å². The van der Waals surface area contributed by atoms with Crippen LogP contribution in [0, 0.1) is 17.5 Å². The predicted octanol–water partition coefficient (Wildman–Crippen LogP) is 4.93. The van der Waals surface area contributed by atoms with Gasteiger partial charge in [-0.3, -0.25) is 0 Å². The van der Waals surface area contributed by atoms with E-state index in [1.165, 1.54) is 0 Å². The largest absolute Gasteiger partial charge is 0.573 e. The first-order valence-corrected chi connectivity index (χ1v) is 8.02. The van der Waals surface area contributed by atoms with Gasteiger partial charge in [0, 0.05) is 12.1 Å². The van der Waals surface area contributed by atoms with Gasteiger partial charge in [-0.15, -0.1) is 13.2 Å². The van der Waals surface area contributed by atoms with E-state index >= 15 is 0 Å². The second-order valence-electron chi connectivity index (χ2n) is 4.96. The Bertz CT molecular complexity index is 1060. The molecule has 0 fully saturated rings. The molecule has 12 heteroatoms. The molecule has 0 saturated heterocycles. The molecule has 0 atom stereocenters. The zero-order valence-electron chi connectivity index (χ0n) is 12.7. The number of rotatable bonds is 3. The summed E-state index contributed by atoms with van der Waals surface area (Å²) in [6, 6.07) is 4.05. The summed E-state index contributed by atoms with van der Waals surface area (Å²) in [6.45, 7) is 0. The monoisotopic (exact) mass is 426 g/mol. The predicted molar refractivity (Wildman–Crippen MR) is 84.7 cm³/mol. The van der Waals surface area contributed by atoms with Gasteiger partial charge < -0.3 is 4.74 Å². The van der Waals surface area contributed by atoms with Crippen LogP contribution >= 0.6 is 23.1 Å². The van der Waals surface area contributed by atoms with Crippen molar-refractivity contribution in [2.45, 2.75) is 6.36 Å². The molecule has 0 unspecified atom stereocenters. The van der Waals surface area contributed by atoms with Crippen molar-refractivity contribution in [1.29, 1.82) is 0 Å². The Morgan fingerprint density at radius 3 is 2.30 bits per heavy atom. The Labute approximate surface area is 155 Å². The smallest absolute Gasteiger partial charge is 0.403 e. The fourth-order valence-electron chi connectivity index (χ4n) is 2.11. The quantitative estimate of drug-likeness (QED) is 0.558. The van der Waals surface area contributed by atoms with E-state index in [-0.39, 0.29) is 10.7 Å². The average Bonchev–Trinajstić information content (AvgIpc) is 2.90. The molecule has 0 amide bonds. The van der Waals surface area contributed by atoms with Gasteiger partial charge in [0.05, 0.1) is 16.3 Å². The number of aromatic nitrogens is 2. The molecule has 0 bridgehead atoms. The van der Waals surface area contributed by atoms with Crippen LogP contribution in [0.2, 0.25) is 5.02 Å². The van der Waals surface area contributed by atoms with Crippen molar-refractivity contribution in [2.24, 2.45) is 0 Å². The van der Waals surface area contributed by atoms with Gasteiger partial charge in [-0.25, -0.2) is 21.9 Å².